The molecule has 0 unspecified atom stereocenters. The third-order valence-corrected chi connectivity index (χ3v) is 7.54. The van der Waals surface area contributed by atoms with Crippen LogP contribution in [0.2, 0.25) is 0 Å². The zero-order chi connectivity index (χ0) is 23.8. The fraction of sp³-hybridized carbons (Fsp3) is 0.292. The summed E-state index contributed by atoms with van der Waals surface area (Å²) in [6, 6.07) is 14.1. The lowest BCUT2D eigenvalue weighted by atomic mass is 10.0. The summed E-state index contributed by atoms with van der Waals surface area (Å²) in [6.07, 6.45) is 0.466. The predicted octanol–water partition coefficient (Wildman–Crippen LogP) is 3.74. The van der Waals surface area contributed by atoms with E-state index in [1.165, 1.54) is 6.92 Å². The van der Waals surface area contributed by atoms with Crippen LogP contribution in [0.3, 0.4) is 0 Å². The first-order valence-corrected chi connectivity index (χ1v) is 12.5. The van der Waals surface area contributed by atoms with Crippen molar-refractivity contribution in [3.8, 4) is 11.3 Å². The molecule has 0 spiro atoms. The van der Waals surface area contributed by atoms with Crippen molar-refractivity contribution in [2.75, 3.05) is 22.1 Å². The van der Waals surface area contributed by atoms with Crippen molar-refractivity contribution in [3.05, 3.63) is 65.4 Å². The number of aryl methyl sites for hydroxylation is 2. The molecule has 0 aliphatic carbocycles. The molecular formula is C24H26N4O4S. The molecule has 0 saturated carbocycles. The SMILES string of the molecule is CC(=O)Nc1ccc(NC(=O)c2cc(-c3ccc(C)c(C)c3)n([C@H]3CCS(=O)(=O)C3)n2)cc1. The minimum atomic E-state index is -3.12. The van der Waals surface area contributed by atoms with E-state index in [-0.39, 0.29) is 29.1 Å². The number of nitrogens with zero attached hydrogens (tertiary/aromatic N) is 2. The number of hydrogen-bond donors (Lipinski definition) is 2. The summed E-state index contributed by atoms with van der Waals surface area (Å²) in [5, 5.41) is 10.0. The van der Waals surface area contributed by atoms with Gasteiger partial charge in [-0.05, 0) is 67.8 Å². The van der Waals surface area contributed by atoms with Gasteiger partial charge in [-0.2, -0.15) is 5.10 Å². The van der Waals surface area contributed by atoms with Crippen LogP contribution in [0.25, 0.3) is 11.3 Å². The second-order valence-corrected chi connectivity index (χ2v) is 10.7. The lowest BCUT2D eigenvalue weighted by Gasteiger charge is -2.14. The summed E-state index contributed by atoms with van der Waals surface area (Å²) in [5.41, 5.74) is 5.24. The minimum absolute atomic E-state index is 0.0121. The predicted molar refractivity (Wildman–Crippen MR) is 128 cm³/mol. The van der Waals surface area contributed by atoms with Gasteiger partial charge in [0.15, 0.2) is 15.5 Å². The molecule has 4 rings (SSSR count). The van der Waals surface area contributed by atoms with E-state index in [9.17, 15) is 18.0 Å². The Balaban J connectivity index is 1.65. The van der Waals surface area contributed by atoms with Gasteiger partial charge in [-0.3, -0.25) is 14.3 Å². The lowest BCUT2D eigenvalue weighted by molar-refractivity contribution is -0.114. The fourth-order valence-corrected chi connectivity index (χ4v) is 5.60. The highest BCUT2D eigenvalue weighted by Gasteiger charge is 2.32. The van der Waals surface area contributed by atoms with Crippen LogP contribution in [0.15, 0.2) is 48.5 Å². The van der Waals surface area contributed by atoms with Gasteiger partial charge in [0, 0.05) is 23.9 Å². The Hall–Kier alpha value is -3.46. The monoisotopic (exact) mass is 466 g/mol. The highest BCUT2D eigenvalue weighted by Crippen LogP contribution is 2.31. The Labute approximate surface area is 192 Å². The molecule has 2 heterocycles. The summed E-state index contributed by atoms with van der Waals surface area (Å²) in [6.45, 7) is 5.46. The molecule has 1 saturated heterocycles. The number of rotatable bonds is 5. The molecule has 1 atom stereocenters. The molecule has 1 fully saturated rings. The van der Waals surface area contributed by atoms with Crippen molar-refractivity contribution in [2.24, 2.45) is 0 Å². The van der Waals surface area contributed by atoms with Crippen LogP contribution in [0.5, 0.6) is 0 Å². The minimum Gasteiger partial charge on any atom is -0.326 e. The topological polar surface area (TPSA) is 110 Å². The number of amides is 2. The van der Waals surface area contributed by atoms with Crippen molar-refractivity contribution in [1.29, 1.82) is 0 Å². The zero-order valence-electron chi connectivity index (χ0n) is 18.8. The number of anilines is 2. The van der Waals surface area contributed by atoms with Gasteiger partial charge in [-0.15, -0.1) is 0 Å². The molecule has 8 nitrogen and oxygen atoms in total. The zero-order valence-corrected chi connectivity index (χ0v) is 19.6. The Morgan fingerprint density at radius 3 is 2.21 bits per heavy atom. The first-order valence-electron chi connectivity index (χ1n) is 10.7. The van der Waals surface area contributed by atoms with Crippen molar-refractivity contribution >= 4 is 33.0 Å². The molecule has 9 heteroatoms. The third kappa shape index (κ3) is 5.14. The van der Waals surface area contributed by atoms with E-state index in [0.29, 0.717) is 23.5 Å². The highest BCUT2D eigenvalue weighted by atomic mass is 32.2. The molecule has 2 aromatic carbocycles. The highest BCUT2D eigenvalue weighted by molar-refractivity contribution is 7.91. The van der Waals surface area contributed by atoms with E-state index in [1.54, 1.807) is 35.0 Å². The molecule has 1 aromatic heterocycles. The largest absolute Gasteiger partial charge is 0.326 e. The van der Waals surface area contributed by atoms with Crippen LogP contribution in [-0.4, -0.2) is 41.5 Å². The van der Waals surface area contributed by atoms with Crippen LogP contribution in [-0.2, 0) is 14.6 Å². The molecule has 1 aliphatic heterocycles. The van der Waals surface area contributed by atoms with E-state index in [1.807, 2.05) is 32.0 Å². The quantitative estimate of drug-likeness (QED) is 0.595. The van der Waals surface area contributed by atoms with Crippen molar-refractivity contribution in [1.82, 2.24) is 9.78 Å². The fourth-order valence-electron chi connectivity index (χ4n) is 3.90. The van der Waals surface area contributed by atoms with Gasteiger partial charge in [-0.25, -0.2) is 8.42 Å². The maximum absolute atomic E-state index is 13.0. The number of carbonyl (C=O) groups is 2. The molecule has 2 amide bonds. The smallest absolute Gasteiger partial charge is 0.276 e. The van der Waals surface area contributed by atoms with Gasteiger partial charge in [0.1, 0.15) is 0 Å². The Bertz CT molecular complexity index is 1330. The Morgan fingerprint density at radius 1 is 0.970 bits per heavy atom. The van der Waals surface area contributed by atoms with Crippen LogP contribution in [0.4, 0.5) is 11.4 Å². The van der Waals surface area contributed by atoms with Crippen LogP contribution >= 0.6 is 0 Å². The lowest BCUT2D eigenvalue weighted by Crippen LogP contribution is -2.16. The van der Waals surface area contributed by atoms with E-state index >= 15 is 0 Å². The van der Waals surface area contributed by atoms with Gasteiger partial charge >= 0.3 is 0 Å². The molecule has 0 radical (unpaired) electrons. The number of carbonyl (C=O) groups excluding carboxylic acids is 2. The first-order chi connectivity index (χ1) is 15.6. The second-order valence-electron chi connectivity index (χ2n) is 8.43. The maximum Gasteiger partial charge on any atom is 0.276 e. The number of sulfone groups is 1. The normalized spacial score (nSPS) is 17.0. The summed E-state index contributed by atoms with van der Waals surface area (Å²) in [7, 11) is -3.12. The van der Waals surface area contributed by atoms with Gasteiger partial charge in [0.2, 0.25) is 5.91 Å². The summed E-state index contributed by atoms with van der Waals surface area (Å²) in [5.74, 6) is -0.443. The molecule has 3 aromatic rings. The van der Waals surface area contributed by atoms with Crippen molar-refractivity contribution in [3.63, 3.8) is 0 Å². The van der Waals surface area contributed by atoms with Gasteiger partial charge in [0.25, 0.3) is 5.91 Å². The number of benzene rings is 2. The number of aromatic nitrogens is 2. The third-order valence-electron chi connectivity index (χ3n) is 5.79. The average molecular weight is 467 g/mol. The average Bonchev–Trinajstić information content (AvgIpc) is 3.34. The van der Waals surface area contributed by atoms with Crippen molar-refractivity contribution in [2.45, 2.75) is 33.2 Å². The second kappa shape index (κ2) is 8.82. The van der Waals surface area contributed by atoms with Gasteiger partial charge in [0.05, 0.1) is 23.2 Å². The van der Waals surface area contributed by atoms with Crippen LogP contribution < -0.4 is 10.6 Å². The van der Waals surface area contributed by atoms with Gasteiger partial charge < -0.3 is 10.6 Å². The van der Waals surface area contributed by atoms with E-state index in [0.717, 1.165) is 16.7 Å². The molecule has 172 valence electrons. The van der Waals surface area contributed by atoms with E-state index < -0.39 is 15.7 Å². The summed E-state index contributed by atoms with van der Waals surface area (Å²) >= 11 is 0. The van der Waals surface area contributed by atoms with E-state index in [4.69, 9.17) is 0 Å². The molecule has 1 aliphatic rings. The number of hydrogen-bond acceptors (Lipinski definition) is 5. The molecule has 33 heavy (non-hydrogen) atoms. The molecule has 0 bridgehead atoms. The summed E-state index contributed by atoms with van der Waals surface area (Å²) in [4.78, 5) is 24.1. The summed E-state index contributed by atoms with van der Waals surface area (Å²) < 4.78 is 25.9. The Kier molecular flexibility index (Phi) is 6.07. The maximum atomic E-state index is 13.0. The Morgan fingerprint density at radius 2 is 1.64 bits per heavy atom. The molecular weight excluding hydrogens is 440 g/mol. The van der Waals surface area contributed by atoms with Crippen LogP contribution in [0.1, 0.15) is 41.0 Å². The van der Waals surface area contributed by atoms with Gasteiger partial charge in [-0.1, -0.05) is 12.1 Å². The van der Waals surface area contributed by atoms with Crippen molar-refractivity contribution < 1.29 is 18.0 Å². The van der Waals surface area contributed by atoms with Crippen LogP contribution in [0, 0.1) is 13.8 Å². The first kappa shape index (κ1) is 22.7. The standard InChI is InChI=1S/C24H26N4O4S/c1-15-4-5-18(12-16(15)2)23-13-22(27-28(23)21-10-11-33(31,32)14-21)24(30)26-20-8-6-19(7-9-20)25-17(3)29/h4-9,12-13,21H,10-11,14H2,1-3H3,(H,25,29)(H,26,30)/t21-/m0/s1. The molecule has 2 N–H and O–H groups in total. The number of nitrogens with one attached hydrogen (secondary N) is 2. The van der Waals surface area contributed by atoms with E-state index in [2.05, 4.69) is 15.7 Å².